The summed E-state index contributed by atoms with van der Waals surface area (Å²) in [6, 6.07) is 13.6. The summed E-state index contributed by atoms with van der Waals surface area (Å²) in [4.78, 5) is 23.1. The molecule has 1 saturated heterocycles. The molecule has 1 aromatic heterocycles. The van der Waals surface area contributed by atoms with Gasteiger partial charge in [0.2, 0.25) is 20.0 Å². The summed E-state index contributed by atoms with van der Waals surface area (Å²) in [5.74, 6) is -2.76. The zero-order valence-electron chi connectivity index (χ0n) is 22.2. The van der Waals surface area contributed by atoms with Gasteiger partial charge in [0.05, 0.1) is 21.4 Å². The Bertz CT molecular complexity index is 1700. The van der Waals surface area contributed by atoms with Gasteiger partial charge in [0, 0.05) is 30.5 Å². The van der Waals surface area contributed by atoms with E-state index in [-0.39, 0.29) is 22.4 Å². The summed E-state index contributed by atoms with van der Waals surface area (Å²) in [7, 11) is -7.12. The number of sulfonamides is 2. The Morgan fingerprint density at radius 2 is 1.71 bits per heavy atom. The third-order valence-corrected chi connectivity index (χ3v) is 10.9. The van der Waals surface area contributed by atoms with E-state index in [0.29, 0.717) is 52.1 Å². The third kappa shape index (κ3) is 8.22. The Labute approximate surface area is 255 Å². The highest BCUT2D eigenvalue weighted by Crippen LogP contribution is 2.46. The van der Waals surface area contributed by atoms with E-state index >= 15 is 0 Å². The van der Waals surface area contributed by atoms with E-state index in [1.807, 2.05) is 12.1 Å². The first-order chi connectivity index (χ1) is 19.7. The van der Waals surface area contributed by atoms with Crippen molar-refractivity contribution in [3.8, 4) is 16.2 Å². The predicted octanol–water partition coefficient (Wildman–Crippen LogP) is 4.12. The Morgan fingerprint density at radius 3 is 2.36 bits per heavy atom. The van der Waals surface area contributed by atoms with Crippen LogP contribution in [0.25, 0.3) is 10.4 Å². The van der Waals surface area contributed by atoms with Gasteiger partial charge in [0.15, 0.2) is 17.2 Å². The van der Waals surface area contributed by atoms with Crippen LogP contribution in [0.5, 0.6) is 5.75 Å². The molecule has 0 radical (unpaired) electrons. The van der Waals surface area contributed by atoms with Crippen LogP contribution in [0.1, 0.15) is 28.1 Å². The first-order valence-corrected chi connectivity index (χ1v) is 17.6. The van der Waals surface area contributed by atoms with E-state index < -0.39 is 38.6 Å². The van der Waals surface area contributed by atoms with Crippen LogP contribution in [0.15, 0.2) is 53.0 Å². The summed E-state index contributed by atoms with van der Waals surface area (Å²) < 4.78 is 58.6. The fourth-order valence-electron chi connectivity index (χ4n) is 4.49. The smallest absolute Gasteiger partial charge is 0.349 e. The molecule has 0 atom stereocenters. The van der Waals surface area contributed by atoms with Crippen molar-refractivity contribution in [2.45, 2.75) is 24.6 Å². The zero-order valence-corrected chi connectivity index (χ0v) is 26.3. The van der Waals surface area contributed by atoms with Crippen molar-refractivity contribution in [3.05, 3.63) is 63.4 Å². The number of ether oxygens (including phenoxy) is 1. The lowest BCUT2D eigenvalue weighted by Crippen LogP contribution is -2.42. The zero-order chi connectivity index (χ0) is 30.7. The minimum absolute atomic E-state index is 0.00944. The number of anilines is 2. The quantitative estimate of drug-likeness (QED) is 0.215. The van der Waals surface area contributed by atoms with Gasteiger partial charge in [-0.1, -0.05) is 24.3 Å². The molecule has 1 aliphatic rings. The number of aromatic carboxylic acids is 1. The molecular weight excluding hydrogens is 674 g/mol. The van der Waals surface area contributed by atoms with Gasteiger partial charge in [-0.15, -0.1) is 11.3 Å². The Hall–Kier alpha value is -3.18. The van der Waals surface area contributed by atoms with Crippen LogP contribution in [-0.4, -0.2) is 75.3 Å². The Kier molecular flexibility index (Phi) is 9.82. The van der Waals surface area contributed by atoms with Gasteiger partial charge in [-0.05, 0) is 64.2 Å². The van der Waals surface area contributed by atoms with E-state index in [0.717, 1.165) is 23.3 Å². The van der Waals surface area contributed by atoms with E-state index in [9.17, 15) is 31.5 Å². The molecule has 0 saturated carbocycles. The number of thiophene rings is 1. The average molecular weight is 703 g/mol. The van der Waals surface area contributed by atoms with Crippen LogP contribution < -0.4 is 14.8 Å². The second-order valence-corrected chi connectivity index (χ2v) is 15.2. The molecule has 42 heavy (non-hydrogen) atoms. The van der Waals surface area contributed by atoms with Gasteiger partial charge >= 0.3 is 11.9 Å². The summed E-state index contributed by atoms with van der Waals surface area (Å²) in [5, 5.41) is 21.9. The minimum atomic E-state index is -3.63. The van der Waals surface area contributed by atoms with Crippen LogP contribution in [0, 0.1) is 0 Å². The molecule has 1 aliphatic heterocycles. The molecule has 2 aromatic carbocycles. The third-order valence-electron chi connectivity index (χ3n) is 6.27. The molecular formula is C26H28BrN3O9S3. The maximum absolute atomic E-state index is 13.1. The number of aliphatic carboxylic acids is 1. The van der Waals surface area contributed by atoms with Crippen molar-refractivity contribution in [1.29, 1.82) is 0 Å². The molecule has 4 N–H and O–H groups in total. The van der Waals surface area contributed by atoms with Crippen LogP contribution in [0.4, 0.5) is 11.4 Å². The second-order valence-electron chi connectivity index (χ2n) is 9.62. The van der Waals surface area contributed by atoms with Crippen molar-refractivity contribution in [2.24, 2.45) is 0 Å². The number of benzene rings is 2. The molecule has 0 spiro atoms. The van der Waals surface area contributed by atoms with Crippen molar-refractivity contribution in [3.63, 3.8) is 0 Å². The largest absolute Gasteiger partial charge is 0.479 e. The molecule has 0 aliphatic carbocycles. The molecule has 2 heterocycles. The van der Waals surface area contributed by atoms with Crippen LogP contribution in [0.2, 0.25) is 0 Å². The molecule has 1 fully saturated rings. The maximum Gasteiger partial charge on any atom is 0.349 e. The number of rotatable bonds is 12. The normalized spacial score (nSPS) is 14.8. The highest BCUT2D eigenvalue weighted by molar-refractivity contribution is 9.10. The maximum atomic E-state index is 13.1. The number of carboxylic acids is 2. The van der Waals surface area contributed by atoms with Crippen molar-refractivity contribution in [2.75, 3.05) is 36.0 Å². The van der Waals surface area contributed by atoms with Crippen LogP contribution in [0.3, 0.4) is 0 Å². The average Bonchev–Trinajstić information content (AvgIpc) is 3.23. The number of carboxylic acid groups (broad SMARTS) is 2. The van der Waals surface area contributed by atoms with Gasteiger partial charge in [-0.3, -0.25) is 4.72 Å². The van der Waals surface area contributed by atoms with Crippen molar-refractivity contribution in [1.82, 2.24) is 4.31 Å². The summed E-state index contributed by atoms with van der Waals surface area (Å²) >= 11 is 4.32. The lowest BCUT2D eigenvalue weighted by Gasteiger charge is -2.32. The molecule has 0 amide bonds. The highest BCUT2D eigenvalue weighted by Gasteiger charge is 2.29. The number of nitrogens with zero attached hydrogens (tertiary/aromatic N) is 1. The molecule has 12 nitrogen and oxygen atoms in total. The number of halogens is 1. The molecule has 4 rings (SSSR count). The lowest BCUT2D eigenvalue weighted by molar-refractivity contribution is -0.139. The number of hydrogen-bond acceptors (Lipinski definition) is 9. The minimum Gasteiger partial charge on any atom is -0.479 e. The van der Waals surface area contributed by atoms with Crippen LogP contribution >= 0.6 is 27.3 Å². The Balaban J connectivity index is 1.40. The van der Waals surface area contributed by atoms with Gasteiger partial charge < -0.3 is 20.3 Å². The predicted molar refractivity (Wildman–Crippen MR) is 163 cm³/mol. The standard InChI is InChI=1S/C26H28BrN3O9S3/c1-41(35,36)29-20-7-2-4-16(12-20)15-42(37,38)30-10-8-18(9-11-30)28-19-6-3-5-17(13-19)24-22(27)23(39-14-21(31)32)25(40-24)26(33)34/h2-7,12-13,18,28-29H,8-11,14-15H2,1H3,(H,31,32)(H,33,34). The van der Waals surface area contributed by atoms with Gasteiger partial charge in [0.1, 0.15) is 0 Å². The fraction of sp³-hybridized carbons (Fsp3) is 0.308. The number of carbonyl (C=O) groups is 2. The summed E-state index contributed by atoms with van der Waals surface area (Å²) in [6.45, 7) is -0.0643. The fourth-order valence-corrected chi connectivity index (χ4v) is 8.48. The summed E-state index contributed by atoms with van der Waals surface area (Å²) in [5.41, 5.74) is 2.22. The van der Waals surface area contributed by atoms with Crippen molar-refractivity contribution >= 4 is 70.6 Å². The molecule has 0 bridgehead atoms. The molecule has 16 heteroatoms. The number of hydrogen-bond donors (Lipinski definition) is 4. The lowest BCUT2D eigenvalue weighted by atomic mass is 10.1. The monoisotopic (exact) mass is 701 g/mol. The van der Waals surface area contributed by atoms with E-state index in [4.69, 9.17) is 9.84 Å². The van der Waals surface area contributed by atoms with Crippen LogP contribution in [-0.2, 0) is 30.6 Å². The topological polar surface area (TPSA) is 179 Å². The number of piperidine rings is 1. The molecule has 0 unspecified atom stereocenters. The molecule has 3 aromatic rings. The number of nitrogens with one attached hydrogen (secondary N) is 2. The van der Waals surface area contributed by atoms with E-state index in [1.165, 1.54) is 10.4 Å². The van der Waals surface area contributed by atoms with Crippen molar-refractivity contribution < 1.29 is 41.4 Å². The van der Waals surface area contributed by atoms with Gasteiger partial charge in [-0.25, -0.2) is 30.7 Å². The van der Waals surface area contributed by atoms with Gasteiger partial charge in [-0.2, -0.15) is 0 Å². The SMILES string of the molecule is CS(=O)(=O)Nc1cccc(CS(=O)(=O)N2CCC(Nc3cccc(-c4sc(C(=O)O)c(OCC(=O)O)c4Br)c3)CC2)c1. The van der Waals surface area contributed by atoms with E-state index in [1.54, 1.807) is 30.3 Å². The van der Waals surface area contributed by atoms with Gasteiger partial charge in [0.25, 0.3) is 0 Å². The summed E-state index contributed by atoms with van der Waals surface area (Å²) in [6.07, 6.45) is 2.13. The van der Waals surface area contributed by atoms with E-state index in [2.05, 4.69) is 26.0 Å². The second kappa shape index (κ2) is 13.0. The first kappa shape index (κ1) is 31.7. The Morgan fingerprint density at radius 1 is 1.05 bits per heavy atom. The highest BCUT2D eigenvalue weighted by atomic mass is 79.9. The first-order valence-electron chi connectivity index (χ1n) is 12.5. The molecule has 226 valence electrons.